The molecule has 4 nitrogen and oxygen atoms in total. The molecule has 0 aromatic rings. The minimum absolute atomic E-state index is 0.299. The Morgan fingerprint density at radius 3 is 2.43 bits per heavy atom. The summed E-state index contributed by atoms with van der Waals surface area (Å²) in [5.74, 6) is -1.04. The molecule has 0 amide bonds. The van der Waals surface area contributed by atoms with Gasteiger partial charge in [-0.1, -0.05) is 20.8 Å². The predicted molar refractivity (Wildman–Crippen MR) is 57.5 cm³/mol. The number of nitrogens with one attached hydrogen (secondary N) is 1. The van der Waals surface area contributed by atoms with Gasteiger partial charge in [0.15, 0.2) is 0 Å². The van der Waals surface area contributed by atoms with Gasteiger partial charge in [0.25, 0.3) is 0 Å². The highest BCUT2D eigenvalue weighted by Gasteiger charge is 2.09. The average Bonchev–Trinajstić information content (AvgIpc) is 2.17. The largest absolute Gasteiger partial charge is 0.481 e. The molecule has 14 heavy (non-hydrogen) atoms. The molecular formula is C10H22N2O2. The Kier molecular flexibility index (Phi) is 7.42. The first-order valence-electron chi connectivity index (χ1n) is 5.27. The van der Waals surface area contributed by atoms with Crippen molar-refractivity contribution in [2.24, 2.45) is 5.92 Å². The molecule has 0 spiro atoms. The molecule has 4 heteroatoms. The number of carboxylic acids is 1. The maximum atomic E-state index is 10.5. The monoisotopic (exact) mass is 202 g/mol. The van der Waals surface area contributed by atoms with Crippen molar-refractivity contribution in [3.8, 4) is 0 Å². The van der Waals surface area contributed by atoms with Crippen LogP contribution >= 0.6 is 0 Å². The Morgan fingerprint density at radius 2 is 2.00 bits per heavy atom. The van der Waals surface area contributed by atoms with Gasteiger partial charge in [0.2, 0.25) is 0 Å². The molecule has 0 heterocycles. The zero-order chi connectivity index (χ0) is 11.0. The number of nitrogens with zero attached hydrogens (tertiary/aromatic N) is 1. The minimum atomic E-state index is -0.736. The normalized spacial score (nSPS) is 13.1. The van der Waals surface area contributed by atoms with Crippen molar-refractivity contribution in [3.05, 3.63) is 0 Å². The van der Waals surface area contributed by atoms with Crippen LogP contribution in [0.25, 0.3) is 0 Å². The lowest BCUT2D eigenvalue weighted by molar-refractivity contribution is -0.140. The predicted octanol–water partition coefficient (Wildman–Crippen LogP) is 0.639. The van der Waals surface area contributed by atoms with E-state index < -0.39 is 5.97 Å². The van der Waals surface area contributed by atoms with Gasteiger partial charge < -0.3 is 15.3 Å². The summed E-state index contributed by atoms with van der Waals surface area (Å²) in [5, 5.41) is 11.8. The number of rotatable bonds is 8. The van der Waals surface area contributed by atoms with E-state index in [1.807, 2.05) is 0 Å². The lowest BCUT2D eigenvalue weighted by Crippen LogP contribution is -2.34. The van der Waals surface area contributed by atoms with Crippen LogP contribution in [0.2, 0.25) is 0 Å². The van der Waals surface area contributed by atoms with E-state index in [9.17, 15) is 4.79 Å². The van der Waals surface area contributed by atoms with E-state index in [2.05, 4.69) is 24.1 Å². The van der Waals surface area contributed by atoms with Crippen molar-refractivity contribution in [1.29, 1.82) is 0 Å². The van der Waals surface area contributed by atoms with Crippen LogP contribution in [-0.2, 0) is 4.79 Å². The lowest BCUT2D eigenvalue weighted by Gasteiger charge is -2.18. The Morgan fingerprint density at radius 1 is 1.43 bits per heavy atom. The van der Waals surface area contributed by atoms with Crippen molar-refractivity contribution < 1.29 is 9.90 Å². The number of hydrogen-bond donors (Lipinski definition) is 2. The zero-order valence-corrected chi connectivity index (χ0v) is 9.42. The second-order valence-electron chi connectivity index (χ2n) is 3.47. The molecular weight excluding hydrogens is 180 g/mol. The molecule has 1 unspecified atom stereocenters. The minimum Gasteiger partial charge on any atom is -0.481 e. The maximum Gasteiger partial charge on any atom is 0.307 e. The van der Waals surface area contributed by atoms with Crippen LogP contribution in [0.15, 0.2) is 0 Å². The summed E-state index contributed by atoms with van der Waals surface area (Å²) in [7, 11) is 0. The smallest absolute Gasteiger partial charge is 0.307 e. The third-order valence-corrected chi connectivity index (χ3v) is 2.37. The number of likely N-dealkylation sites (N-methyl/N-ethyl adjacent to an activating group) is 1. The molecule has 0 radical (unpaired) electrons. The van der Waals surface area contributed by atoms with Crippen LogP contribution in [0.4, 0.5) is 0 Å². The highest BCUT2D eigenvalue weighted by atomic mass is 16.4. The summed E-state index contributed by atoms with van der Waals surface area (Å²) in [6.45, 7) is 10.5. The number of carbonyl (C=O) groups is 1. The summed E-state index contributed by atoms with van der Waals surface area (Å²) in [6, 6.07) is 0. The fraction of sp³-hybridized carbons (Fsp3) is 0.900. The average molecular weight is 202 g/mol. The molecule has 0 aliphatic carbocycles. The summed E-state index contributed by atoms with van der Waals surface area (Å²) in [5.41, 5.74) is 0. The third-order valence-electron chi connectivity index (χ3n) is 2.37. The molecule has 0 saturated heterocycles. The van der Waals surface area contributed by atoms with Gasteiger partial charge in [-0.2, -0.15) is 0 Å². The highest BCUT2D eigenvalue weighted by molar-refractivity contribution is 5.69. The molecule has 0 rings (SSSR count). The topological polar surface area (TPSA) is 52.6 Å². The Bertz CT molecular complexity index is 158. The Balaban J connectivity index is 3.41. The molecule has 0 saturated carbocycles. The number of hydrogen-bond acceptors (Lipinski definition) is 3. The summed E-state index contributed by atoms with van der Waals surface area (Å²) >= 11 is 0. The van der Waals surface area contributed by atoms with Crippen molar-refractivity contribution in [2.75, 3.05) is 32.7 Å². The molecule has 84 valence electrons. The molecule has 0 aliphatic rings. The Labute approximate surface area is 86.3 Å². The fourth-order valence-corrected chi connectivity index (χ4v) is 1.18. The van der Waals surface area contributed by atoms with Crippen LogP contribution in [0.1, 0.15) is 20.8 Å². The van der Waals surface area contributed by atoms with Crippen LogP contribution in [0.3, 0.4) is 0 Å². The Hall–Kier alpha value is -0.610. The summed E-state index contributed by atoms with van der Waals surface area (Å²) in [6.07, 6.45) is 0. The van der Waals surface area contributed by atoms with E-state index in [1.165, 1.54) is 0 Å². The van der Waals surface area contributed by atoms with Crippen molar-refractivity contribution in [2.45, 2.75) is 20.8 Å². The van der Waals surface area contributed by atoms with E-state index >= 15 is 0 Å². The van der Waals surface area contributed by atoms with Gasteiger partial charge in [0, 0.05) is 19.6 Å². The van der Waals surface area contributed by atoms with Crippen LogP contribution in [0, 0.1) is 5.92 Å². The van der Waals surface area contributed by atoms with Crippen molar-refractivity contribution in [3.63, 3.8) is 0 Å². The molecule has 0 fully saturated rings. The van der Waals surface area contributed by atoms with Gasteiger partial charge in [0.1, 0.15) is 0 Å². The first-order valence-corrected chi connectivity index (χ1v) is 5.27. The van der Waals surface area contributed by atoms with Gasteiger partial charge >= 0.3 is 5.97 Å². The van der Waals surface area contributed by atoms with Gasteiger partial charge in [-0.3, -0.25) is 4.79 Å². The van der Waals surface area contributed by atoms with E-state index in [0.29, 0.717) is 6.54 Å². The zero-order valence-electron chi connectivity index (χ0n) is 9.42. The van der Waals surface area contributed by atoms with Crippen LogP contribution < -0.4 is 5.32 Å². The van der Waals surface area contributed by atoms with Crippen LogP contribution in [0.5, 0.6) is 0 Å². The maximum absolute atomic E-state index is 10.5. The van der Waals surface area contributed by atoms with Gasteiger partial charge in [-0.15, -0.1) is 0 Å². The van der Waals surface area contributed by atoms with E-state index in [4.69, 9.17) is 5.11 Å². The molecule has 0 aromatic carbocycles. The standard InChI is InChI=1S/C10H22N2O2/c1-4-12(5-2)7-6-11-8-9(3)10(13)14/h9,11H,4-8H2,1-3H3,(H,13,14). The van der Waals surface area contributed by atoms with E-state index in [1.54, 1.807) is 6.92 Å². The quantitative estimate of drug-likeness (QED) is 0.567. The van der Waals surface area contributed by atoms with Crippen LogP contribution in [-0.4, -0.2) is 48.7 Å². The molecule has 2 N–H and O–H groups in total. The fourth-order valence-electron chi connectivity index (χ4n) is 1.18. The second-order valence-corrected chi connectivity index (χ2v) is 3.47. The summed E-state index contributed by atoms with van der Waals surface area (Å²) < 4.78 is 0. The second kappa shape index (κ2) is 7.76. The number of carboxylic acid groups (broad SMARTS) is 1. The SMILES string of the molecule is CCN(CC)CCNCC(C)C(=O)O. The molecule has 1 atom stereocenters. The highest BCUT2D eigenvalue weighted by Crippen LogP contribution is 1.91. The van der Waals surface area contributed by atoms with Gasteiger partial charge in [-0.05, 0) is 13.1 Å². The van der Waals surface area contributed by atoms with Crippen molar-refractivity contribution >= 4 is 5.97 Å². The van der Waals surface area contributed by atoms with Crippen molar-refractivity contribution in [1.82, 2.24) is 10.2 Å². The lowest BCUT2D eigenvalue weighted by atomic mass is 10.2. The third kappa shape index (κ3) is 5.94. The first kappa shape index (κ1) is 13.4. The molecule has 0 aromatic heterocycles. The molecule has 0 bridgehead atoms. The van der Waals surface area contributed by atoms with Gasteiger partial charge in [-0.25, -0.2) is 0 Å². The number of aliphatic carboxylic acids is 1. The van der Waals surface area contributed by atoms with E-state index in [0.717, 1.165) is 26.2 Å². The molecule has 0 aliphatic heterocycles. The van der Waals surface area contributed by atoms with E-state index in [-0.39, 0.29) is 5.92 Å². The van der Waals surface area contributed by atoms with Gasteiger partial charge in [0.05, 0.1) is 5.92 Å². The first-order chi connectivity index (χ1) is 6.61. The summed E-state index contributed by atoms with van der Waals surface area (Å²) in [4.78, 5) is 12.8.